The molecule has 1 aliphatic heterocycles. The van der Waals surface area contributed by atoms with Crippen molar-refractivity contribution in [2.75, 3.05) is 11.9 Å². The maximum atomic E-state index is 12.2. The van der Waals surface area contributed by atoms with Crippen molar-refractivity contribution < 1.29 is 9.53 Å². The van der Waals surface area contributed by atoms with Gasteiger partial charge in [0.05, 0.1) is 24.1 Å². The molecule has 3 heterocycles. The van der Waals surface area contributed by atoms with E-state index in [9.17, 15) is 4.79 Å². The number of anilines is 1. The van der Waals surface area contributed by atoms with Gasteiger partial charge in [0.15, 0.2) is 0 Å². The highest BCUT2D eigenvalue weighted by Gasteiger charge is 2.12. The molecule has 2 N–H and O–H groups in total. The number of hydrogen-bond donors (Lipinski definition) is 2. The van der Waals surface area contributed by atoms with Crippen molar-refractivity contribution >= 4 is 11.6 Å². The lowest BCUT2D eigenvalue weighted by atomic mass is 10.2. The topological polar surface area (TPSA) is 81.1 Å². The average molecular weight is 363 g/mol. The highest BCUT2D eigenvalue weighted by Crippen LogP contribution is 2.22. The normalized spacial score (nSPS) is 13.0. The van der Waals surface area contributed by atoms with E-state index in [4.69, 9.17) is 4.74 Å². The zero-order valence-corrected chi connectivity index (χ0v) is 14.9. The van der Waals surface area contributed by atoms with E-state index < -0.39 is 0 Å². The van der Waals surface area contributed by atoms with Crippen molar-refractivity contribution in [3.63, 3.8) is 0 Å². The summed E-state index contributed by atoms with van der Waals surface area (Å²) in [6, 6.07) is 13.0. The molecular weight excluding hydrogens is 342 g/mol. The quantitative estimate of drug-likeness (QED) is 0.704. The SMILES string of the molecule is O=C(CCc1cc2n(n1)CCNC2)Nc1ccc(Oc2cccnc2)cc1. The number of carbonyl (C=O) groups is 1. The van der Waals surface area contributed by atoms with Crippen LogP contribution >= 0.6 is 0 Å². The molecule has 0 radical (unpaired) electrons. The number of benzene rings is 1. The third kappa shape index (κ3) is 4.51. The maximum absolute atomic E-state index is 12.2. The number of pyridine rings is 1. The van der Waals surface area contributed by atoms with Gasteiger partial charge in [-0.2, -0.15) is 5.10 Å². The zero-order chi connectivity index (χ0) is 18.5. The molecular formula is C20H21N5O2. The van der Waals surface area contributed by atoms with Crippen LogP contribution in [0.15, 0.2) is 54.9 Å². The number of fused-ring (bicyclic) bond motifs is 1. The standard InChI is InChI=1S/C20H21N5O2/c26-20(8-5-16-12-17-13-22-10-11-25(17)24-16)23-15-3-6-18(7-4-15)27-19-2-1-9-21-14-19/h1-4,6-7,9,12,14,22H,5,8,10-11,13H2,(H,23,26). The molecule has 1 aromatic carbocycles. The van der Waals surface area contributed by atoms with E-state index in [2.05, 4.69) is 26.8 Å². The minimum atomic E-state index is -0.0278. The van der Waals surface area contributed by atoms with Crippen LogP contribution in [0, 0.1) is 0 Å². The van der Waals surface area contributed by atoms with Crippen molar-refractivity contribution in [1.29, 1.82) is 0 Å². The Morgan fingerprint density at radius 3 is 2.89 bits per heavy atom. The van der Waals surface area contributed by atoms with Crippen LogP contribution < -0.4 is 15.4 Å². The molecule has 2 aromatic heterocycles. The first kappa shape index (κ1) is 17.2. The summed E-state index contributed by atoms with van der Waals surface area (Å²) < 4.78 is 7.71. The van der Waals surface area contributed by atoms with E-state index in [0.717, 1.165) is 31.0 Å². The second-order valence-electron chi connectivity index (χ2n) is 6.39. The van der Waals surface area contributed by atoms with E-state index in [0.29, 0.717) is 24.3 Å². The van der Waals surface area contributed by atoms with Crippen LogP contribution in [0.2, 0.25) is 0 Å². The second-order valence-corrected chi connectivity index (χ2v) is 6.39. The highest BCUT2D eigenvalue weighted by atomic mass is 16.5. The Balaban J connectivity index is 1.28. The molecule has 0 spiro atoms. The van der Waals surface area contributed by atoms with Crippen molar-refractivity contribution in [3.05, 3.63) is 66.2 Å². The molecule has 1 amide bonds. The van der Waals surface area contributed by atoms with Crippen LogP contribution in [-0.2, 0) is 24.3 Å². The number of nitrogens with one attached hydrogen (secondary N) is 2. The average Bonchev–Trinajstić information content (AvgIpc) is 3.12. The Morgan fingerprint density at radius 1 is 1.22 bits per heavy atom. The monoisotopic (exact) mass is 363 g/mol. The lowest BCUT2D eigenvalue weighted by Gasteiger charge is -2.13. The molecule has 0 saturated carbocycles. The number of nitrogens with zero attached hydrogens (tertiary/aromatic N) is 3. The van der Waals surface area contributed by atoms with E-state index in [1.165, 1.54) is 5.69 Å². The summed E-state index contributed by atoms with van der Waals surface area (Å²) in [5.41, 5.74) is 2.89. The molecule has 0 atom stereocenters. The fourth-order valence-electron chi connectivity index (χ4n) is 2.99. The highest BCUT2D eigenvalue weighted by molar-refractivity contribution is 5.90. The molecule has 0 fully saturated rings. The number of aromatic nitrogens is 3. The molecule has 0 unspecified atom stereocenters. The second kappa shape index (κ2) is 8.01. The van der Waals surface area contributed by atoms with Gasteiger partial charge in [0.2, 0.25) is 5.91 Å². The number of amides is 1. The molecule has 0 saturated heterocycles. The van der Waals surface area contributed by atoms with Gasteiger partial charge in [0, 0.05) is 37.8 Å². The van der Waals surface area contributed by atoms with Crippen LogP contribution in [0.5, 0.6) is 11.5 Å². The molecule has 7 nitrogen and oxygen atoms in total. The fraction of sp³-hybridized carbons (Fsp3) is 0.250. The maximum Gasteiger partial charge on any atom is 0.224 e. The third-order valence-electron chi connectivity index (χ3n) is 4.34. The minimum absolute atomic E-state index is 0.0278. The van der Waals surface area contributed by atoms with Gasteiger partial charge in [-0.1, -0.05) is 0 Å². The molecule has 0 aliphatic carbocycles. The van der Waals surface area contributed by atoms with Gasteiger partial charge < -0.3 is 15.4 Å². The Morgan fingerprint density at radius 2 is 2.11 bits per heavy atom. The summed E-state index contributed by atoms with van der Waals surface area (Å²) in [5, 5.41) is 10.8. The third-order valence-corrected chi connectivity index (χ3v) is 4.34. The van der Waals surface area contributed by atoms with Gasteiger partial charge in [-0.05, 0) is 42.5 Å². The fourth-order valence-corrected chi connectivity index (χ4v) is 2.99. The molecule has 1 aliphatic rings. The number of aryl methyl sites for hydroxylation is 1. The van der Waals surface area contributed by atoms with Gasteiger partial charge in [-0.25, -0.2) is 0 Å². The van der Waals surface area contributed by atoms with Gasteiger partial charge in [-0.3, -0.25) is 14.5 Å². The molecule has 27 heavy (non-hydrogen) atoms. The predicted molar refractivity (Wildman–Crippen MR) is 102 cm³/mol. The van der Waals surface area contributed by atoms with Gasteiger partial charge in [-0.15, -0.1) is 0 Å². The first-order valence-corrected chi connectivity index (χ1v) is 9.00. The smallest absolute Gasteiger partial charge is 0.224 e. The zero-order valence-electron chi connectivity index (χ0n) is 14.9. The van der Waals surface area contributed by atoms with E-state index in [-0.39, 0.29) is 5.91 Å². The Labute approximate surface area is 157 Å². The molecule has 4 rings (SSSR count). The molecule has 138 valence electrons. The summed E-state index contributed by atoms with van der Waals surface area (Å²) in [6.45, 7) is 2.66. The summed E-state index contributed by atoms with van der Waals surface area (Å²) in [7, 11) is 0. The van der Waals surface area contributed by atoms with Crippen molar-refractivity contribution in [1.82, 2.24) is 20.1 Å². The molecule has 0 bridgehead atoms. The Hall–Kier alpha value is -3.19. The Kier molecular flexibility index (Phi) is 5.11. The van der Waals surface area contributed by atoms with E-state index in [1.54, 1.807) is 12.4 Å². The number of carbonyl (C=O) groups excluding carboxylic acids is 1. The summed E-state index contributed by atoms with van der Waals surface area (Å²) in [6.07, 6.45) is 4.38. The summed E-state index contributed by atoms with van der Waals surface area (Å²) in [4.78, 5) is 16.2. The first-order chi connectivity index (χ1) is 13.3. The summed E-state index contributed by atoms with van der Waals surface area (Å²) >= 11 is 0. The van der Waals surface area contributed by atoms with Crippen LogP contribution in [0.4, 0.5) is 5.69 Å². The molecule has 7 heteroatoms. The van der Waals surface area contributed by atoms with Gasteiger partial charge in [0.25, 0.3) is 0 Å². The van der Waals surface area contributed by atoms with Crippen molar-refractivity contribution in [2.24, 2.45) is 0 Å². The first-order valence-electron chi connectivity index (χ1n) is 9.00. The minimum Gasteiger partial charge on any atom is -0.456 e. The molecule has 3 aromatic rings. The van der Waals surface area contributed by atoms with Crippen LogP contribution in [0.3, 0.4) is 0 Å². The van der Waals surface area contributed by atoms with Gasteiger partial charge in [0.1, 0.15) is 11.5 Å². The number of ether oxygens (including phenoxy) is 1. The predicted octanol–water partition coefficient (Wildman–Crippen LogP) is 2.74. The van der Waals surface area contributed by atoms with E-state index >= 15 is 0 Å². The number of hydrogen-bond acceptors (Lipinski definition) is 5. The van der Waals surface area contributed by atoms with Crippen LogP contribution in [-0.4, -0.2) is 27.2 Å². The van der Waals surface area contributed by atoms with Crippen LogP contribution in [0.25, 0.3) is 0 Å². The van der Waals surface area contributed by atoms with Crippen molar-refractivity contribution in [3.8, 4) is 11.5 Å². The van der Waals surface area contributed by atoms with E-state index in [1.807, 2.05) is 41.1 Å². The largest absolute Gasteiger partial charge is 0.456 e. The summed E-state index contributed by atoms with van der Waals surface area (Å²) in [5.74, 6) is 1.34. The van der Waals surface area contributed by atoms with Crippen molar-refractivity contribution in [2.45, 2.75) is 25.9 Å². The van der Waals surface area contributed by atoms with Gasteiger partial charge >= 0.3 is 0 Å². The van der Waals surface area contributed by atoms with Crippen LogP contribution in [0.1, 0.15) is 17.8 Å². The Bertz CT molecular complexity index is 882. The number of rotatable bonds is 6. The lowest BCUT2D eigenvalue weighted by molar-refractivity contribution is -0.116. The lowest BCUT2D eigenvalue weighted by Crippen LogP contribution is -2.28.